The number of thioether (sulfide) groups is 1. The van der Waals surface area contributed by atoms with Gasteiger partial charge in [0.05, 0.1) is 27.9 Å². The number of hydrogen-bond donors (Lipinski definition) is 0. The molecule has 134 valence electrons. The van der Waals surface area contributed by atoms with Crippen molar-refractivity contribution in [3.8, 4) is 0 Å². The molecule has 7 heteroatoms. The lowest BCUT2D eigenvalue weighted by Gasteiger charge is -2.13. The summed E-state index contributed by atoms with van der Waals surface area (Å²) in [5.74, 6) is -1.33. The van der Waals surface area contributed by atoms with Crippen LogP contribution in [0, 0.1) is 5.92 Å². The number of hydrazone groups is 1. The molecule has 2 aliphatic rings. The minimum Gasteiger partial charge on any atom is -0.271 e. The van der Waals surface area contributed by atoms with Gasteiger partial charge in [0.2, 0.25) is 0 Å². The molecule has 2 heterocycles. The molecule has 2 aromatic carbocycles. The summed E-state index contributed by atoms with van der Waals surface area (Å²) in [6, 6.07) is 17.8. The molecule has 0 radical (unpaired) electrons. The predicted molar refractivity (Wildman–Crippen MR) is 106 cm³/mol. The van der Waals surface area contributed by atoms with E-state index >= 15 is 0 Å². The lowest BCUT2D eigenvalue weighted by molar-refractivity contribution is -0.118. The maximum absolute atomic E-state index is 12.8. The molecule has 0 saturated carbocycles. The number of carbonyl (C=O) groups is 3. The van der Waals surface area contributed by atoms with E-state index in [0.29, 0.717) is 17.1 Å². The average Bonchev–Trinajstić information content (AvgIpc) is 3.13. The molecule has 1 saturated heterocycles. The van der Waals surface area contributed by atoms with Gasteiger partial charge in [-0.15, -0.1) is 0 Å². The molecule has 1 fully saturated rings. The van der Waals surface area contributed by atoms with Crippen LogP contribution in [0.3, 0.4) is 0 Å². The molecule has 0 aliphatic carbocycles. The van der Waals surface area contributed by atoms with E-state index in [-0.39, 0.29) is 16.1 Å². The van der Waals surface area contributed by atoms with Gasteiger partial charge in [0.15, 0.2) is 0 Å². The van der Waals surface area contributed by atoms with Crippen LogP contribution in [0.4, 0.5) is 16.2 Å². The van der Waals surface area contributed by atoms with Crippen LogP contribution in [-0.4, -0.2) is 22.8 Å². The van der Waals surface area contributed by atoms with Crippen LogP contribution in [0.25, 0.3) is 0 Å². The van der Waals surface area contributed by atoms with Crippen molar-refractivity contribution in [3.63, 3.8) is 0 Å². The largest absolute Gasteiger partial charge is 0.298 e. The summed E-state index contributed by atoms with van der Waals surface area (Å²) in [5, 5.41) is 5.28. The third-order valence-corrected chi connectivity index (χ3v) is 5.20. The molecule has 6 nitrogen and oxygen atoms in total. The maximum atomic E-state index is 12.8. The second-order valence-corrected chi connectivity index (χ2v) is 7.07. The third kappa shape index (κ3) is 3.06. The van der Waals surface area contributed by atoms with Crippen LogP contribution in [0.15, 0.2) is 76.7 Å². The summed E-state index contributed by atoms with van der Waals surface area (Å²) in [4.78, 5) is 39.2. The van der Waals surface area contributed by atoms with Crippen LogP contribution in [-0.2, 0) is 9.59 Å². The van der Waals surface area contributed by atoms with Crippen molar-refractivity contribution in [2.75, 3.05) is 9.91 Å². The quantitative estimate of drug-likeness (QED) is 0.763. The topological polar surface area (TPSA) is 70.1 Å². The zero-order valence-corrected chi connectivity index (χ0v) is 15.2. The van der Waals surface area contributed by atoms with Crippen LogP contribution < -0.4 is 9.91 Å². The van der Waals surface area contributed by atoms with E-state index in [1.165, 1.54) is 11.1 Å². The van der Waals surface area contributed by atoms with Crippen LogP contribution in [0.1, 0.15) is 6.92 Å². The second-order valence-electron chi connectivity index (χ2n) is 6.08. The zero-order chi connectivity index (χ0) is 19.0. The SMILES string of the molecule is CC1=NN(c2ccccc2)C(=O)[C@@H]1/C=C1\SC(=O)N(c2ccccc2)C1=O. The van der Waals surface area contributed by atoms with E-state index < -0.39 is 11.8 Å². The normalized spacial score (nSPS) is 21.4. The number of benzene rings is 2. The smallest absolute Gasteiger partial charge is 0.271 e. The van der Waals surface area contributed by atoms with Crippen LogP contribution >= 0.6 is 11.8 Å². The van der Waals surface area contributed by atoms with E-state index in [0.717, 1.165) is 16.7 Å². The molecule has 0 aromatic heterocycles. The highest BCUT2D eigenvalue weighted by Crippen LogP contribution is 2.36. The predicted octanol–water partition coefficient (Wildman–Crippen LogP) is 3.81. The third-order valence-electron chi connectivity index (χ3n) is 4.31. The number of imide groups is 1. The Labute approximate surface area is 160 Å². The molecule has 3 amide bonds. The zero-order valence-electron chi connectivity index (χ0n) is 14.4. The number of amides is 3. The van der Waals surface area contributed by atoms with Crippen molar-refractivity contribution in [3.05, 3.63) is 71.6 Å². The van der Waals surface area contributed by atoms with Crippen molar-refractivity contribution in [1.29, 1.82) is 0 Å². The van der Waals surface area contributed by atoms with Gasteiger partial charge in [-0.25, -0.2) is 4.90 Å². The van der Waals surface area contributed by atoms with Crippen LogP contribution in [0.2, 0.25) is 0 Å². The highest BCUT2D eigenvalue weighted by molar-refractivity contribution is 8.18. The Bertz CT molecular complexity index is 986. The Hall–Kier alpha value is -3.19. The number of nitrogens with zero attached hydrogens (tertiary/aromatic N) is 3. The fraction of sp³-hybridized carbons (Fsp3) is 0.100. The van der Waals surface area contributed by atoms with Gasteiger partial charge in [0.1, 0.15) is 0 Å². The van der Waals surface area contributed by atoms with Gasteiger partial charge in [-0.05, 0) is 49.0 Å². The number of anilines is 2. The lowest BCUT2D eigenvalue weighted by Crippen LogP contribution is -2.28. The molecule has 0 N–H and O–H groups in total. The van der Waals surface area contributed by atoms with Gasteiger partial charge in [0.25, 0.3) is 17.1 Å². The van der Waals surface area contributed by atoms with Crippen molar-refractivity contribution < 1.29 is 14.4 Å². The molecule has 0 bridgehead atoms. The number of para-hydroxylation sites is 2. The molecule has 2 aliphatic heterocycles. The summed E-state index contributed by atoms with van der Waals surface area (Å²) in [6.07, 6.45) is 1.54. The molecule has 0 spiro atoms. The molecule has 4 rings (SSSR count). The second kappa shape index (κ2) is 6.85. The lowest BCUT2D eigenvalue weighted by atomic mass is 10.0. The van der Waals surface area contributed by atoms with Gasteiger partial charge in [-0.3, -0.25) is 14.4 Å². The number of hydrogen-bond acceptors (Lipinski definition) is 5. The first kappa shape index (κ1) is 17.2. The summed E-state index contributed by atoms with van der Waals surface area (Å²) in [7, 11) is 0. The maximum Gasteiger partial charge on any atom is 0.298 e. The van der Waals surface area contributed by atoms with Crippen molar-refractivity contribution >= 4 is 45.9 Å². The first-order valence-corrected chi connectivity index (χ1v) is 9.15. The Morgan fingerprint density at radius 3 is 2.15 bits per heavy atom. The fourth-order valence-electron chi connectivity index (χ4n) is 2.96. The minimum absolute atomic E-state index is 0.242. The van der Waals surface area contributed by atoms with Crippen molar-refractivity contribution in [2.24, 2.45) is 11.0 Å². The van der Waals surface area contributed by atoms with E-state index in [1.54, 1.807) is 43.3 Å². The van der Waals surface area contributed by atoms with E-state index in [4.69, 9.17) is 0 Å². The Kier molecular flexibility index (Phi) is 4.37. The average molecular weight is 377 g/mol. The van der Waals surface area contributed by atoms with Gasteiger partial charge >= 0.3 is 0 Å². The van der Waals surface area contributed by atoms with E-state index in [1.807, 2.05) is 24.3 Å². The standard InChI is InChI=1S/C20H15N3O3S/c1-13-16(18(24)23(21-13)15-10-6-3-7-11-15)12-17-19(25)22(20(26)27-17)14-8-4-2-5-9-14/h2-12,16H,1H3/b17-12-/t16-/m1/s1. The summed E-state index contributed by atoms with van der Waals surface area (Å²) in [5.41, 5.74) is 1.75. The fourth-order valence-corrected chi connectivity index (χ4v) is 3.81. The number of rotatable bonds is 3. The molecule has 0 unspecified atom stereocenters. The van der Waals surface area contributed by atoms with Gasteiger partial charge in [-0.2, -0.15) is 10.1 Å². The monoisotopic (exact) mass is 377 g/mol. The minimum atomic E-state index is -0.667. The Morgan fingerprint density at radius 1 is 0.926 bits per heavy atom. The van der Waals surface area contributed by atoms with E-state index in [2.05, 4.69) is 5.10 Å². The number of carbonyl (C=O) groups excluding carboxylic acids is 3. The van der Waals surface area contributed by atoms with Gasteiger partial charge in [0, 0.05) is 0 Å². The first-order valence-electron chi connectivity index (χ1n) is 8.33. The molecule has 2 aromatic rings. The van der Waals surface area contributed by atoms with Crippen LogP contribution in [0.5, 0.6) is 0 Å². The van der Waals surface area contributed by atoms with Gasteiger partial charge in [-0.1, -0.05) is 36.4 Å². The molecule has 1 atom stereocenters. The molecular weight excluding hydrogens is 362 g/mol. The molecular formula is C20H15N3O3S. The van der Waals surface area contributed by atoms with Gasteiger partial charge < -0.3 is 0 Å². The summed E-state index contributed by atoms with van der Waals surface area (Å²) >= 11 is 0.837. The Balaban J connectivity index is 1.61. The van der Waals surface area contributed by atoms with Crippen molar-refractivity contribution in [2.45, 2.75) is 6.92 Å². The molecule has 27 heavy (non-hydrogen) atoms. The highest BCUT2D eigenvalue weighted by atomic mass is 32.2. The summed E-state index contributed by atoms with van der Waals surface area (Å²) < 4.78 is 0. The first-order chi connectivity index (χ1) is 13.1. The van der Waals surface area contributed by atoms with E-state index in [9.17, 15) is 14.4 Å². The Morgan fingerprint density at radius 2 is 1.52 bits per heavy atom. The summed E-state index contributed by atoms with van der Waals surface area (Å²) in [6.45, 7) is 1.74. The highest BCUT2D eigenvalue weighted by Gasteiger charge is 2.40. The van der Waals surface area contributed by atoms with Crippen molar-refractivity contribution in [1.82, 2.24) is 0 Å².